The van der Waals surface area contributed by atoms with Gasteiger partial charge in [0.05, 0.1) is 6.04 Å². The van der Waals surface area contributed by atoms with Crippen LogP contribution in [0.5, 0.6) is 0 Å². The second-order valence-corrected chi connectivity index (χ2v) is 8.18. The largest absolute Gasteiger partial charge is 0.452 e. The molecule has 1 unspecified atom stereocenters. The third-order valence-electron chi connectivity index (χ3n) is 5.02. The van der Waals surface area contributed by atoms with Crippen molar-refractivity contribution in [3.63, 3.8) is 0 Å². The SMILES string of the molecule is CC(C)[C@H](NC(=O)C(Cc1ccccc1)NC(=O)CCc1cc(F)cc(F)c1)C(=O)C(F)(F)F. The van der Waals surface area contributed by atoms with Gasteiger partial charge in [0.2, 0.25) is 11.8 Å². The van der Waals surface area contributed by atoms with Crippen LogP contribution in [-0.4, -0.2) is 35.9 Å². The quantitative estimate of drug-likeness (QED) is 0.503. The Labute approximate surface area is 193 Å². The van der Waals surface area contributed by atoms with E-state index in [9.17, 15) is 36.3 Å². The highest BCUT2D eigenvalue weighted by molar-refractivity contribution is 5.95. The molecule has 2 aromatic rings. The van der Waals surface area contributed by atoms with Crippen molar-refractivity contribution >= 4 is 17.6 Å². The first kappa shape index (κ1) is 26.9. The Kier molecular flexibility index (Phi) is 9.28. The minimum Gasteiger partial charge on any atom is -0.344 e. The topological polar surface area (TPSA) is 75.3 Å². The number of rotatable bonds is 10. The molecule has 2 N–H and O–H groups in total. The summed E-state index contributed by atoms with van der Waals surface area (Å²) < 4.78 is 65.6. The van der Waals surface area contributed by atoms with Crippen LogP contribution >= 0.6 is 0 Å². The summed E-state index contributed by atoms with van der Waals surface area (Å²) in [4.78, 5) is 37.1. The minimum atomic E-state index is -5.14. The number of hydrogen-bond acceptors (Lipinski definition) is 3. The van der Waals surface area contributed by atoms with Crippen LogP contribution in [0.3, 0.4) is 0 Å². The predicted molar refractivity (Wildman–Crippen MR) is 115 cm³/mol. The number of nitrogens with one attached hydrogen (secondary N) is 2. The molecule has 0 aliphatic carbocycles. The fourth-order valence-electron chi connectivity index (χ4n) is 3.30. The maximum Gasteiger partial charge on any atom is 0.452 e. The second kappa shape index (κ2) is 11.7. The number of halogens is 5. The third-order valence-corrected chi connectivity index (χ3v) is 5.02. The molecular formula is C24H25F5N2O3. The molecule has 2 aromatic carbocycles. The molecule has 2 atom stereocenters. The lowest BCUT2D eigenvalue weighted by Crippen LogP contribution is -2.56. The molecule has 10 heteroatoms. The molecule has 2 amide bonds. The summed E-state index contributed by atoms with van der Waals surface area (Å²) in [5, 5.41) is 4.57. The molecule has 0 spiro atoms. The highest BCUT2D eigenvalue weighted by atomic mass is 19.4. The Morgan fingerprint density at radius 2 is 1.47 bits per heavy atom. The van der Waals surface area contributed by atoms with Crippen LogP contribution in [0.15, 0.2) is 48.5 Å². The van der Waals surface area contributed by atoms with Crippen LogP contribution in [0.4, 0.5) is 22.0 Å². The van der Waals surface area contributed by atoms with Gasteiger partial charge in [-0.05, 0) is 35.6 Å². The molecule has 0 heterocycles. The minimum absolute atomic E-state index is 0.0264. The molecular weight excluding hydrogens is 459 g/mol. The van der Waals surface area contributed by atoms with Crippen LogP contribution in [-0.2, 0) is 27.2 Å². The van der Waals surface area contributed by atoms with E-state index in [2.05, 4.69) is 10.6 Å². The summed E-state index contributed by atoms with van der Waals surface area (Å²) in [5.41, 5.74) is 0.853. The molecule has 0 radical (unpaired) electrons. The van der Waals surface area contributed by atoms with E-state index in [0.717, 1.165) is 12.1 Å². The molecule has 0 aromatic heterocycles. The molecule has 5 nitrogen and oxygen atoms in total. The van der Waals surface area contributed by atoms with Gasteiger partial charge in [0, 0.05) is 18.9 Å². The molecule has 0 fully saturated rings. The summed E-state index contributed by atoms with van der Waals surface area (Å²) in [6, 6.07) is 8.18. The summed E-state index contributed by atoms with van der Waals surface area (Å²) in [7, 11) is 0. The second-order valence-electron chi connectivity index (χ2n) is 8.18. The molecule has 0 saturated heterocycles. The van der Waals surface area contributed by atoms with E-state index in [0.29, 0.717) is 11.6 Å². The van der Waals surface area contributed by atoms with Crippen LogP contribution in [0.25, 0.3) is 0 Å². The van der Waals surface area contributed by atoms with Crippen molar-refractivity contribution in [2.24, 2.45) is 5.92 Å². The third kappa shape index (κ3) is 8.24. The van der Waals surface area contributed by atoms with Crippen molar-refractivity contribution in [1.82, 2.24) is 10.6 Å². The lowest BCUT2D eigenvalue weighted by molar-refractivity contribution is -0.175. The highest BCUT2D eigenvalue weighted by Gasteiger charge is 2.45. The first-order valence-corrected chi connectivity index (χ1v) is 10.6. The first-order chi connectivity index (χ1) is 15.9. The van der Waals surface area contributed by atoms with Gasteiger partial charge in [-0.25, -0.2) is 8.78 Å². The zero-order chi connectivity index (χ0) is 25.5. The Morgan fingerprint density at radius 1 is 0.882 bits per heavy atom. The number of hydrogen-bond donors (Lipinski definition) is 2. The van der Waals surface area contributed by atoms with E-state index >= 15 is 0 Å². The number of aryl methyl sites for hydroxylation is 1. The van der Waals surface area contributed by atoms with Crippen molar-refractivity contribution in [2.75, 3.05) is 0 Å². The van der Waals surface area contributed by atoms with E-state index in [1.807, 2.05) is 0 Å². The van der Waals surface area contributed by atoms with Gasteiger partial charge in [0.25, 0.3) is 5.78 Å². The molecule has 0 saturated carbocycles. The van der Waals surface area contributed by atoms with E-state index < -0.39 is 53.4 Å². The van der Waals surface area contributed by atoms with E-state index in [-0.39, 0.29) is 24.8 Å². The zero-order valence-electron chi connectivity index (χ0n) is 18.6. The van der Waals surface area contributed by atoms with Crippen molar-refractivity contribution < 1.29 is 36.3 Å². The lowest BCUT2D eigenvalue weighted by atomic mass is 9.98. The summed E-state index contributed by atoms with van der Waals surface area (Å²) in [5.74, 6) is -6.14. The van der Waals surface area contributed by atoms with Crippen LogP contribution in [0.2, 0.25) is 0 Å². The summed E-state index contributed by atoms with van der Waals surface area (Å²) in [6.07, 6.45) is -5.43. The monoisotopic (exact) mass is 484 g/mol. The molecule has 0 aliphatic heterocycles. The maximum atomic E-state index is 13.3. The fraction of sp³-hybridized carbons (Fsp3) is 0.375. The molecule has 0 bridgehead atoms. The van der Waals surface area contributed by atoms with Crippen molar-refractivity contribution in [3.8, 4) is 0 Å². The molecule has 2 rings (SSSR count). The number of ketones is 1. The maximum absolute atomic E-state index is 13.3. The Balaban J connectivity index is 2.15. The number of carbonyl (C=O) groups excluding carboxylic acids is 3. The molecule has 34 heavy (non-hydrogen) atoms. The van der Waals surface area contributed by atoms with Crippen molar-refractivity contribution in [1.29, 1.82) is 0 Å². The average Bonchev–Trinajstić information content (AvgIpc) is 2.74. The van der Waals surface area contributed by atoms with Gasteiger partial charge in [-0.3, -0.25) is 14.4 Å². The predicted octanol–water partition coefficient (Wildman–Crippen LogP) is 3.90. The van der Waals surface area contributed by atoms with Crippen LogP contribution in [0.1, 0.15) is 31.4 Å². The number of benzene rings is 2. The summed E-state index contributed by atoms with van der Waals surface area (Å²) >= 11 is 0. The van der Waals surface area contributed by atoms with Gasteiger partial charge in [-0.15, -0.1) is 0 Å². The van der Waals surface area contributed by atoms with Gasteiger partial charge >= 0.3 is 6.18 Å². The number of alkyl halides is 3. The number of carbonyl (C=O) groups is 3. The Morgan fingerprint density at radius 3 is 2.00 bits per heavy atom. The Bertz CT molecular complexity index is 989. The van der Waals surface area contributed by atoms with Crippen molar-refractivity contribution in [2.45, 2.75) is 51.4 Å². The van der Waals surface area contributed by atoms with Gasteiger partial charge < -0.3 is 10.6 Å². The zero-order valence-corrected chi connectivity index (χ0v) is 18.6. The fourth-order valence-corrected chi connectivity index (χ4v) is 3.30. The van der Waals surface area contributed by atoms with Gasteiger partial charge in [-0.2, -0.15) is 13.2 Å². The van der Waals surface area contributed by atoms with E-state index in [4.69, 9.17) is 0 Å². The first-order valence-electron chi connectivity index (χ1n) is 10.6. The molecule has 0 aliphatic rings. The average molecular weight is 484 g/mol. The van der Waals surface area contributed by atoms with Gasteiger partial charge in [0.15, 0.2) is 0 Å². The highest BCUT2D eigenvalue weighted by Crippen LogP contribution is 2.21. The van der Waals surface area contributed by atoms with Gasteiger partial charge in [-0.1, -0.05) is 44.2 Å². The molecule has 184 valence electrons. The lowest BCUT2D eigenvalue weighted by Gasteiger charge is -2.25. The number of amides is 2. The Hall–Kier alpha value is -3.30. The standard InChI is InChI=1S/C24H25F5N2O3/c1-14(2)21(22(33)24(27,28)29)31-23(34)19(12-15-6-4-3-5-7-15)30-20(32)9-8-16-10-17(25)13-18(26)11-16/h3-7,10-11,13-14,19,21H,8-9,12H2,1-2H3,(H,30,32)(H,31,34)/t19?,21-/m0/s1. The smallest absolute Gasteiger partial charge is 0.344 e. The van der Waals surface area contributed by atoms with Crippen LogP contribution < -0.4 is 10.6 Å². The normalized spacial score (nSPS) is 13.3. The summed E-state index contributed by atoms with van der Waals surface area (Å²) in [6.45, 7) is 2.72. The van der Waals surface area contributed by atoms with Crippen LogP contribution in [0, 0.1) is 17.6 Å². The van der Waals surface area contributed by atoms with Crippen molar-refractivity contribution in [3.05, 3.63) is 71.3 Å². The van der Waals surface area contributed by atoms with Gasteiger partial charge in [0.1, 0.15) is 17.7 Å². The van der Waals surface area contributed by atoms with E-state index in [1.165, 1.54) is 13.8 Å². The van der Waals surface area contributed by atoms with E-state index in [1.54, 1.807) is 30.3 Å². The number of Topliss-reactive ketones (excluding diaryl/α,β-unsaturated/α-hetero) is 1.